The van der Waals surface area contributed by atoms with Gasteiger partial charge in [-0.1, -0.05) is 54.5 Å². The Hall–Kier alpha value is -4.83. The minimum Gasteiger partial charge on any atom is -0.542 e. The highest BCUT2D eigenvalue weighted by Gasteiger charge is 2.39. The molecule has 64 heavy (non-hydrogen) atoms. The summed E-state index contributed by atoms with van der Waals surface area (Å²) in [5.41, 5.74) is 0.883. The standard InChI is InChI=1S/C44H74N4O12Si.CO2/c1-32(42(2,3)4)29-34(47-41(54)59-43(5,6)7)30-33-13-14-36(60-61(11,12)44(8,9)10)35(31-33)48-39(51)17-21-55-25-27-57-23-19-45-37(49)15-16-38(50)46-20-24-58-28-26-56-22-18-40(52)53;2-1-3/h13-14,31-32,34H,17-30H2,1-12H3,(H,45,49)(H,46,50)(H,47,54)(H,48,51)(H,52,53);/t32?,34-;/m1./s1. The first-order chi connectivity index (χ1) is 29.7. The highest BCUT2D eigenvalue weighted by Crippen LogP contribution is 2.40. The number of carbonyl (C=O) groups excluding carboxylic acids is 6. The minimum absolute atomic E-state index is 0.0306. The zero-order chi connectivity index (χ0) is 49.0. The van der Waals surface area contributed by atoms with E-state index in [-0.39, 0.29) is 107 Å². The summed E-state index contributed by atoms with van der Waals surface area (Å²) < 4.78 is 33.7. The molecule has 0 radical (unpaired) electrons. The molecule has 0 saturated heterocycles. The number of benzene rings is 1. The molecule has 19 heteroatoms. The van der Waals surface area contributed by atoms with Gasteiger partial charge < -0.3 is 54.5 Å². The number of aliphatic carboxylic acids is 1. The first-order valence-corrected chi connectivity index (χ1v) is 24.3. The van der Waals surface area contributed by atoms with Crippen molar-refractivity contribution in [1.82, 2.24) is 16.0 Å². The van der Waals surface area contributed by atoms with E-state index in [0.29, 0.717) is 23.8 Å². The van der Waals surface area contributed by atoms with Crippen LogP contribution in [0.15, 0.2) is 18.2 Å². The normalized spacial score (nSPS) is 12.4. The third kappa shape index (κ3) is 29.5. The van der Waals surface area contributed by atoms with E-state index in [1.165, 1.54) is 0 Å². The van der Waals surface area contributed by atoms with Crippen molar-refractivity contribution in [3.05, 3.63) is 23.8 Å². The topological polar surface area (TPSA) is 243 Å². The van der Waals surface area contributed by atoms with Crippen LogP contribution in [0.3, 0.4) is 0 Å². The van der Waals surface area contributed by atoms with Crippen molar-refractivity contribution in [3.8, 4) is 17.6 Å². The molecule has 0 spiro atoms. The minimum atomic E-state index is -2.27. The molecule has 362 valence electrons. The fourth-order valence-electron chi connectivity index (χ4n) is 4.91. The number of ether oxygens (including phenoxy) is 5. The Morgan fingerprint density at radius 2 is 1.22 bits per heavy atom. The second-order valence-electron chi connectivity index (χ2n) is 18.5. The van der Waals surface area contributed by atoms with E-state index in [4.69, 9.17) is 42.8 Å². The molecular formula is C45H74N4O14Si. The van der Waals surface area contributed by atoms with E-state index in [0.717, 1.165) is 12.0 Å². The van der Waals surface area contributed by atoms with Crippen LogP contribution in [-0.2, 0) is 58.9 Å². The maximum absolute atomic E-state index is 13.2. The zero-order valence-corrected chi connectivity index (χ0v) is 41.0. The molecule has 1 rings (SSSR count). The van der Waals surface area contributed by atoms with Gasteiger partial charge in [0.1, 0.15) is 11.4 Å². The number of nitrogens with one attached hydrogen (secondary N) is 4. The molecule has 0 aliphatic rings. The van der Waals surface area contributed by atoms with Crippen LogP contribution in [0.25, 0.3) is 0 Å². The molecule has 1 aromatic carbocycles. The third-order valence-corrected chi connectivity index (χ3v) is 14.2. The average molecular weight is 923 g/mol. The second kappa shape index (κ2) is 30.3. The smallest absolute Gasteiger partial charge is 0.407 e. The van der Waals surface area contributed by atoms with E-state index >= 15 is 0 Å². The SMILES string of the molecule is CC(C[C@H](Cc1ccc(O[Si](C)(C)C(C)(C)C)c(NC(=O)CCOCCOCCNC(=O)C#CC(=O)NCCOCCOCCC(=O)O)c1)NC(=O)OC(C)(C)C)C(C)(C)C.O=C=O. The lowest BCUT2D eigenvalue weighted by Gasteiger charge is -2.37. The van der Waals surface area contributed by atoms with Crippen molar-refractivity contribution in [1.29, 1.82) is 0 Å². The van der Waals surface area contributed by atoms with Gasteiger partial charge in [-0.2, -0.15) is 9.59 Å². The molecule has 0 bridgehead atoms. The summed E-state index contributed by atoms with van der Waals surface area (Å²) in [4.78, 5) is 76.5. The van der Waals surface area contributed by atoms with Crippen molar-refractivity contribution >= 4 is 49.9 Å². The molecule has 0 saturated carbocycles. The lowest BCUT2D eigenvalue weighted by molar-refractivity contribution is -0.191. The fraction of sp³-hybridized carbons (Fsp3) is 0.689. The predicted molar refractivity (Wildman–Crippen MR) is 242 cm³/mol. The average Bonchev–Trinajstić information content (AvgIpc) is 3.15. The Morgan fingerprint density at radius 3 is 1.67 bits per heavy atom. The van der Waals surface area contributed by atoms with Crippen LogP contribution in [0, 0.1) is 23.2 Å². The van der Waals surface area contributed by atoms with Crippen LogP contribution >= 0.6 is 0 Å². The van der Waals surface area contributed by atoms with Gasteiger partial charge >= 0.3 is 18.2 Å². The summed E-state index contributed by atoms with van der Waals surface area (Å²) in [7, 11) is -2.27. The van der Waals surface area contributed by atoms with Crippen LogP contribution in [0.4, 0.5) is 10.5 Å². The van der Waals surface area contributed by atoms with Crippen molar-refractivity contribution in [2.24, 2.45) is 11.3 Å². The number of hydrogen-bond acceptors (Lipinski definition) is 13. The Balaban J connectivity index is 0.0000128. The van der Waals surface area contributed by atoms with Crippen molar-refractivity contribution in [2.75, 3.05) is 71.3 Å². The van der Waals surface area contributed by atoms with E-state index < -0.39 is 37.8 Å². The van der Waals surface area contributed by atoms with Gasteiger partial charge in [0.2, 0.25) is 5.91 Å². The largest absolute Gasteiger partial charge is 0.542 e. The Bertz CT molecular complexity index is 1700. The highest BCUT2D eigenvalue weighted by atomic mass is 28.4. The first kappa shape index (κ1) is 59.2. The van der Waals surface area contributed by atoms with Crippen molar-refractivity contribution in [3.63, 3.8) is 0 Å². The number of rotatable bonds is 26. The van der Waals surface area contributed by atoms with Gasteiger partial charge in [0.15, 0.2) is 0 Å². The fourth-order valence-corrected chi connectivity index (χ4v) is 5.94. The zero-order valence-electron chi connectivity index (χ0n) is 40.0. The van der Waals surface area contributed by atoms with E-state index in [1.54, 1.807) is 0 Å². The molecule has 1 aromatic rings. The maximum atomic E-state index is 13.2. The van der Waals surface area contributed by atoms with Crippen molar-refractivity contribution < 1.29 is 66.8 Å². The summed E-state index contributed by atoms with van der Waals surface area (Å²) >= 11 is 0. The molecule has 1 unspecified atom stereocenters. The molecule has 0 fully saturated rings. The van der Waals surface area contributed by atoms with Gasteiger partial charge in [-0.05, 0) is 80.8 Å². The van der Waals surface area contributed by atoms with Gasteiger partial charge in [0.25, 0.3) is 20.1 Å². The number of amides is 4. The molecule has 18 nitrogen and oxygen atoms in total. The Labute approximate surface area is 380 Å². The molecular weight excluding hydrogens is 849 g/mol. The maximum Gasteiger partial charge on any atom is 0.407 e. The van der Waals surface area contributed by atoms with Crippen LogP contribution < -0.4 is 25.7 Å². The summed E-state index contributed by atoms with van der Waals surface area (Å²) in [6.07, 6.45) is 1.05. The van der Waals surface area contributed by atoms with Crippen LogP contribution in [0.5, 0.6) is 5.75 Å². The number of carboxylic acids is 1. The van der Waals surface area contributed by atoms with Gasteiger partial charge in [-0.3, -0.25) is 19.2 Å². The highest BCUT2D eigenvalue weighted by molar-refractivity contribution is 6.74. The van der Waals surface area contributed by atoms with Gasteiger partial charge in [0, 0.05) is 31.0 Å². The van der Waals surface area contributed by atoms with Crippen LogP contribution in [0.1, 0.15) is 94.1 Å². The molecule has 2 atom stereocenters. The number of anilines is 1. The number of carbonyl (C=O) groups is 5. The van der Waals surface area contributed by atoms with E-state index in [2.05, 4.69) is 94.7 Å². The number of carboxylic acid groups (broad SMARTS) is 1. The Kier molecular flexibility index (Phi) is 28.0. The van der Waals surface area contributed by atoms with Gasteiger partial charge in [-0.15, -0.1) is 0 Å². The lowest BCUT2D eigenvalue weighted by atomic mass is 9.78. The third-order valence-electron chi connectivity index (χ3n) is 9.84. The summed E-state index contributed by atoms with van der Waals surface area (Å²) in [6, 6.07) is 5.60. The summed E-state index contributed by atoms with van der Waals surface area (Å²) in [6.45, 7) is 27.0. The predicted octanol–water partition coefficient (Wildman–Crippen LogP) is 5.10. The quantitative estimate of drug-likeness (QED) is 0.0462. The second-order valence-corrected chi connectivity index (χ2v) is 23.2. The van der Waals surface area contributed by atoms with E-state index in [9.17, 15) is 24.0 Å². The van der Waals surface area contributed by atoms with Crippen LogP contribution in [0.2, 0.25) is 18.1 Å². The molecule has 0 aromatic heterocycles. The first-order valence-electron chi connectivity index (χ1n) is 21.4. The molecule has 0 heterocycles. The molecule has 0 aliphatic heterocycles. The summed E-state index contributed by atoms with van der Waals surface area (Å²) in [5, 5.41) is 19.6. The number of alkyl carbamates (subject to hydrolysis) is 1. The van der Waals surface area contributed by atoms with Gasteiger partial charge in [0.05, 0.1) is 71.4 Å². The number of hydrogen-bond donors (Lipinski definition) is 5. The van der Waals surface area contributed by atoms with E-state index in [1.807, 2.05) is 39.0 Å². The monoisotopic (exact) mass is 922 g/mol. The lowest BCUT2D eigenvalue weighted by Crippen LogP contribution is -2.44. The molecule has 0 aliphatic carbocycles. The van der Waals surface area contributed by atoms with Crippen LogP contribution in [-0.4, -0.2) is 127 Å². The van der Waals surface area contributed by atoms with Gasteiger partial charge in [-0.25, -0.2) is 4.79 Å². The summed E-state index contributed by atoms with van der Waals surface area (Å²) in [5.74, 6) is 2.84. The Morgan fingerprint density at radius 1 is 0.734 bits per heavy atom. The molecule has 4 amide bonds. The molecule has 5 N–H and O–H groups in total. The van der Waals surface area contributed by atoms with Crippen molar-refractivity contribution in [2.45, 2.75) is 125 Å².